The number of carbonyl (C=O) groups is 1. The minimum Gasteiger partial charge on any atom is -0.504 e. The summed E-state index contributed by atoms with van der Waals surface area (Å²) in [7, 11) is 1.46. The van der Waals surface area contributed by atoms with E-state index in [1.165, 1.54) is 19.4 Å². The van der Waals surface area contributed by atoms with Crippen molar-refractivity contribution < 1.29 is 19.4 Å². The number of benzene rings is 2. The highest BCUT2D eigenvalue weighted by atomic mass is 79.9. The van der Waals surface area contributed by atoms with Gasteiger partial charge in [-0.1, -0.05) is 15.9 Å². The smallest absolute Gasteiger partial charge is 0.275 e. The molecule has 0 atom stereocenters. The second-order valence-corrected chi connectivity index (χ2v) is 6.35. The molecule has 0 saturated heterocycles. The number of rotatable bonds is 6. The van der Waals surface area contributed by atoms with Crippen molar-refractivity contribution in [3.8, 4) is 17.2 Å². The highest BCUT2D eigenvalue weighted by Crippen LogP contribution is 2.26. The van der Waals surface area contributed by atoms with Gasteiger partial charge in [-0.3, -0.25) is 4.79 Å². The van der Waals surface area contributed by atoms with E-state index in [1.54, 1.807) is 30.3 Å². The lowest BCUT2D eigenvalue weighted by Gasteiger charge is -2.13. The van der Waals surface area contributed by atoms with E-state index >= 15 is 0 Å². The van der Waals surface area contributed by atoms with Gasteiger partial charge in [-0.15, -0.1) is 0 Å². The second-order valence-electron chi connectivity index (χ2n) is 5.44. The molecule has 0 aromatic heterocycles. The zero-order chi connectivity index (χ0) is 18.4. The molecule has 7 heteroatoms. The number of ether oxygens (including phenoxy) is 2. The maximum absolute atomic E-state index is 12.4. The normalized spacial score (nSPS) is 10.9. The predicted octanol–water partition coefficient (Wildman–Crippen LogP) is 3.71. The van der Waals surface area contributed by atoms with Gasteiger partial charge in [0.2, 0.25) is 0 Å². The number of nitrogens with one attached hydrogen (secondary N) is 1. The van der Waals surface area contributed by atoms with E-state index in [4.69, 9.17) is 9.47 Å². The Labute approximate surface area is 154 Å². The van der Waals surface area contributed by atoms with Crippen LogP contribution in [0.4, 0.5) is 0 Å². The summed E-state index contributed by atoms with van der Waals surface area (Å²) in [6, 6.07) is 9.96. The quantitative estimate of drug-likeness (QED) is 0.565. The Morgan fingerprint density at radius 2 is 2.00 bits per heavy atom. The zero-order valence-electron chi connectivity index (χ0n) is 14.1. The summed E-state index contributed by atoms with van der Waals surface area (Å²) in [5, 5.41) is 13.5. The van der Waals surface area contributed by atoms with Gasteiger partial charge in [0.15, 0.2) is 11.5 Å². The molecule has 0 heterocycles. The number of halogens is 1. The van der Waals surface area contributed by atoms with Gasteiger partial charge in [-0.05, 0) is 55.8 Å². The van der Waals surface area contributed by atoms with Crippen LogP contribution in [0.25, 0.3) is 0 Å². The third-order valence-corrected chi connectivity index (χ3v) is 3.63. The first kappa shape index (κ1) is 18.8. The second kappa shape index (κ2) is 8.53. The van der Waals surface area contributed by atoms with E-state index in [2.05, 4.69) is 26.5 Å². The Kier molecular flexibility index (Phi) is 6.41. The number of nitrogens with zero attached hydrogens (tertiary/aromatic N) is 1. The van der Waals surface area contributed by atoms with Gasteiger partial charge in [0, 0.05) is 4.47 Å². The molecule has 0 fully saturated rings. The molecular formula is C18H19BrN2O4. The van der Waals surface area contributed by atoms with Gasteiger partial charge in [0.25, 0.3) is 5.91 Å². The van der Waals surface area contributed by atoms with E-state index in [9.17, 15) is 9.90 Å². The van der Waals surface area contributed by atoms with Crippen LogP contribution in [0.15, 0.2) is 46.0 Å². The van der Waals surface area contributed by atoms with Crippen LogP contribution in [-0.4, -0.2) is 30.4 Å². The lowest BCUT2D eigenvalue weighted by atomic mass is 10.2. The van der Waals surface area contributed by atoms with Gasteiger partial charge in [0.1, 0.15) is 5.75 Å². The van der Waals surface area contributed by atoms with Crippen LogP contribution in [0.2, 0.25) is 0 Å². The van der Waals surface area contributed by atoms with Crippen LogP contribution in [0.3, 0.4) is 0 Å². The lowest BCUT2D eigenvalue weighted by molar-refractivity contribution is 0.0949. The summed E-state index contributed by atoms with van der Waals surface area (Å²) in [6.45, 7) is 3.78. The number of hydrogen-bond acceptors (Lipinski definition) is 5. The number of amides is 1. The topological polar surface area (TPSA) is 80.2 Å². The highest BCUT2D eigenvalue weighted by molar-refractivity contribution is 9.10. The number of hydrazone groups is 1. The van der Waals surface area contributed by atoms with Crippen molar-refractivity contribution in [2.45, 2.75) is 20.0 Å². The first-order valence-electron chi connectivity index (χ1n) is 7.57. The molecule has 2 aromatic rings. The molecule has 0 bridgehead atoms. The van der Waals surface area contributed by atoms with E-state index in [0.29, 0.717) is 22.6 Å². The highest BCUT2D eigenvalue weighted by Gasteiger charge is 2.14. The van der Waals surface area contributed by atoms with Gasteiger partial charge in [-0.2, -0.15) is 5.10 Å². The molecule has 0 radical (unpaired) electrons. The molecule has 0 saturated carbocycles. The SMILES string of the molecule is COc1cc(/C=N/NC(=O)c2cc(Br)ccc2OC(C)C)ccc1O. The number of aromatic hydroxyl groups is 1. The maximum atomic E-state index is 12.4. The molecule has 132 valence electrons. The first-order valence-corrected chi connectivity index (χ1v) is 8.36. The molecule has 0 spiro atoms. The van der Waals surface area contributed by atoms with Crippen molar-refractivity contribution in [1.82, 2.24) is 5.43 Å². The molecule has 2 aromatic carbocycles. The number of hydrogen-bond donors (Lipinski definition) is 2. The van der Waals surface area contributed by atoms with Crippen LogP contribution in [0.1, 0.15) is 29.8 Å². The first-order chi connectivity index (χ1) is 11.9. The van der Waals surface area contributed by atoms with E-state index in [1.807, 2.05) is 13.8 Å². The fraction of sp³-hybridized carbons (Fsp3) is 0.222. The van der Waals surface area contributed by atoms with Crippen molar-refractivity contribution in [2.75, 3.05) is 7.11 Å². The molecule has 0 aliphatic rings. The Morgan fingerprint density at radius 1 is 1.24 bits per heavy atom. The zero-order valence-corrected chi connectivity index (χ0v) is 15.7. The average molecular weight is 407 g/mol. The molecule has 0 aliphatic heterocycles. The average Bonchev–Trinajstić information content (AvgIpc) is 2.57. The summed E-state index contributed by atoms with van der Waals surface area (Å²) in [4.78, 5) is 12.4. The third kappa shape index (κ3) is 5.22. The number of methoxy groups -OCH3 is 1. The lowest BCUT2D eigenvalue weighted by Crippen LogP contribution is -2.20. The minimum absolute atomic E-state index is 0.0355. The van der Waals surface area contributed by atoms with Crippen LogP contribution >= 0.6 is 15.9 Å². The summed E-state index contributed by atoms with van der Waals surface area (Å²) >= 11 is 3.35. The van der Waals surface area contributed by atoms with Crippen LogP contribution < -0.4 is 14.9 Å². The standard InChI is InChI=1S/C18H19BrN2O4/c1-11(2)25-16-7-5-13(19)9-14(16)18(23)21-20-10-12-4-6-15(22)17(8-12)24-3/h4-11,22H,1-3H3,(H,21,23)/b20-10+. The van der Waals surface area contributed by atoms with Gasteiger partial charge < -0.3 is 14.6 Å². The minimum atomic E-state index is -0.390. The summed E-state index contributed by atoms with van der Waals surface area (Å²) < 4.78 is 11.4. The predicted molar refractivity (Wildman–Crippen MR) is 99.6 cm³/mol. The third-order valence-electron chi connectivity index (χ3n) is 3.13. The van der Waals surface area contributed by atoms with E-state index in [0.717, 1.165) is 4.47 Å². The number of phenols is 1. The monoisotopic (exact) mass is 406 g/mol. The van der Waals surface area contributed by atoms with Crippen molar-refractivity contribution in [3.05, 3.63) is 52.0 Å². The molecule has 2 rings (SSSR count). The fourth-order valence-corrected chi connectivity index (χ4v) is 2.40. The molecule has 1 amide bonds. The summed E-state index contributed by atoms with van der Waals surface area (Å²) in [6.07, 6.45) is 1.40. The van der Waals surface area contributed by atoms with Crippen molar-refractivity contribution in [2.24, 2.45) is 5.10 Å². The van der Waals surface area contributed by atoms with E-state index in [-0.39, 0.29) is 17.8 Å². The maximum Gasteiger partial charge on any atom is 0.275 e. The molecule has 6 nitrogen and oxygen atoms in total. The molecule has 0 unspecified atom stereocenters. The van der Waals surface area contributed by atoms with Crippen LogP contribution in [0.5, 0.6) is 17.2 Å². The summed E-state index contributed by atoms with van der Waals surface area (Å²) in [5.41, 5.74) is 3.51. The Hall–Kier alpha value is -2.54. The van der Waals surface area contributed by atoms with Crippen molar-refractivity contribution in [3.63, 3.8) is 0 Å². The Bertz CT molecular complexity index is 791. The van der Waals surface area contributed by atoms with Gasteiger partial charge in [0.05, 0.1) is 25.0 Å². The van der Waals surface area contributed by atoms with Crippen molar-refractivity contribution in [1.29, 1.82) is 0 Å². The van der Waals surface area contributed by atoms with Crippen LogP contribution in [0, 0.1) is 0 Å². The molecule has 2 N–H and O–H groups in total. The Balaban J connectivity index is 2.13. The number of phenolic OH excluding ortho intramolecular Hbond substituents is 1. The summed E-state index contributed by atoms with van der Waals surface area (Å²) in [5.74, 6) is 0.458. The molecular weight excluding hydrogens is 388 g/mol. The largest absolute Gasteiger partial charge is 0.504 e. The Morgan fingerprint density at radius 3 is 2.68 bits per heavy atom. The van der Waals surface area contributed by atoms with Gasteiger partial charge in [-0.25, -0.2) is 5.43 Å². The van der Waals surface area contributed by atoms with Gasteiger partial charge >= 0.3 is 0 Å². The van der Waals surface area contributed by atoms with E-state index < -0.39 is 0 Å². The van der Waals surface area contributed by atoms with Crippen LogP contribution in [-0.2, 0) is 0 Å². The molecule has 25 heavy (non-hydrogen) atoms. The molecule has 0 aliphatic carbocycles. The van der Waals surface area contributed by atoms with Crippen molar-refractivity contribution >= 4 is 28.1 Å². The number of carbonyl (C=O) groups excluding carboxylic acids is 1. The fourth-order valence-electron chi connectivity index (χ4n) is 2.04.